The van der Waals surface area contributed by atoms with Crippen LogP contribution >= 0.6 is 0 Å². The molecule has 2 N–H and O–H groups in total. The van der Waals surface area contributed by atoms with Gasteiger partial charge in [-0.1, -0.05) is 20.8 Å². The molecule has 0 radical (unpaired) electrons. The van der Waals surface area contributed by atoms with E-state index in [4.69, 9.17) is 0 Å². The molecular weight excluding hydrogens is 258 g/mol. The van der Waals surface area contributed by atoms with Gasteiger partial charge in [-0.05, 0) is 19.3 Å². The molecule has 0 bridgehead atoms. The Morgan fingerprint density at radius 1 is 1.35 bits per heavy atom. The molecule has 0 aliphatic rings. The van der Waals surface area contributed by atoms with Gasteiger partial charge in [-0.2, -0.15) is 5.10 Å². The summed E-state index contributed by atoms with van der Waals surface area (Å²) in [5.74, 6) is -1.33. The minimum Gasteiger partial charge on any atom is -0.391 e. The van der Waals surface area contributed by atoms with Crippen LogP contribution in [-0.4, -0.2) is 39.2 Å². The molecule has 0 aliphatic heterocycles. The van der Waals surface area contributed by atoms with Crippen LogP contribution in [0.25, 0.3) is 0 Å². The summed E-state index contributed by atoms with van der Waals surface area (Å²) < 4.78 is 1.57. The van der Waals surface area contributed by atoms with Crippen molar-refractivity contribution in [2.24, 2.45) is 12.5 Å². The Hall–Kier alpha value is -1.69. The first-order valence-electron chi connectivity index (χ1n) is 6.56. The number of nitrogens with zero attached hydrogens (tertiary/aromatic N) is 2. The number of aliphatic hydroxyl groups is 1. The van der Waals surface area contributed by atoms with E-state index in [1.54, 1.807) is 25.6 Å². The zero-order valence-corrected chi connectivity index (χ0v) is 12.9. The quantitative estimate of drug-likeness (QED) is 0.630. The highest BCUT2D eigenvalue weighted by molar-refractivity contribution is 6.43. The maximum absolute atomic E-state index is 12.1. The number of carbonyl (C=O) groups is 2. The first-order chi connectivity index (χ1) is 9.05. The van der Waals surface area contributed by atoms with Gasteiger partial charge in [0.05, 0.1) is 17.4 Å². The van der Waals surface area contributed by atoms with Gasteiger partial charge in [0.25, 0.3) is 11.7 Å². The number of amides is 1. The van der Waals surface area contributed by atoms with Crippen LogP contribution in [0.1, 0.15) is 42.5 Å². The lowest BCUT2D eigenvalue weighted by atomic mass is 9.89. The fourth-order valence-electron chi connectivity index (χ4n) is 1.79. The summed E-state index contributed by atoms with van der Waals surface area (Å²) in [6.07, 6.45) is -0.713. The van der Waals surface area contributed by atoms with E-state index in [1.165, 1.54) is 0 Å². The topological polar surface area (TPSA) is 84.2 Å². The van der Waals surface area contributed by atoms with Crippen LogP contribution in [0, 0.1) is 19.3 Å². The van der Waals surface area contributed by atoms with E-state index in [2.05, 4.69) is 10.4 Å². The van der Waals surface area contributed by atoms with Crippen molar-refractivity contribution in [3.8, 4) is 0 Å². The van der Waals surface area contributed by atoms with Gasteiger partial charge in [0, 0.05) is 19.3 Å². The Bertz CT molecular complexity index is 527. The number of ketones is 1. The standard InChI is InChI=1S/C14H23N3O3/c1-8-11(9(2)17(6)16-8)12(19)13(20)15-7-10(18)14(3,4)5/h10,18H,7H2,1-6H3,(H,15,20). The molecule has 1 heterocycles. The average molecular weight is 281 g/mol. The summed E-state index contributed by atoms with van der Waals surface area (Å²) in [6, 6.07) is 0. The highest BCUT2D eigenvalue weighted by Crippen LogP contribution is 2.18. The van der Waals surface area contributed by atoms with Gasteiger partial charge in [0.15, 0.2) is 0 Å². The largest absolute Gasteiger partial charge is 0.391 e. The molecule has 0 fully saturated rings. The summed E-state index contributed by atoms with van der Waals surface area (Å²) in [6.45, 7) is 9.07. The van der Waals surface area contributed by atoms with Gasteiger partial charge in [-0.3, -0.25) is 14.3 Å². The smallest absolute Gasteiger partial charge is 0.292 e. The van der Waals surface area contributed by atoms with Crippen LogP contribution in [0.15, 0.2) is 0 Å². The highest BCUT2D eigenvalue weighted by atomic mass is 16.3. The van der Waals surface area contributed by atoms with Gasteiger partial charge in [-0.25, -0.2) is 0 Å². The van der Waals surface area contributed by atoms with E-state index < -0.39 is 17.8 Å². The molecule has 0 saturated heterocycles. The van der Waals surface area contributed by atoms with Crippen molar-refractivity contribution in [2.45, 2.75) is 40.7 Å². The third kappa shape index (κ3) is 3.45. The number of aryl methyl sites for hydroxylation is 2. The van der Waals surface area contributed by atoms with E-state index in [-0.39, 0.29) is 12.0 Å². The zero-order valence-electron chi connectivity index (χ0n) is 12.9. The number of carbonyl (C=O) groups excluding carboxylic acids is 2. The van der Waals surface area contributed by atoms with Gasteiger partial charge in [0.2, 0.25) is 0 Å². The van der Waals surface area contributed by atoms with Gasteiger partial charge < -0.3 is 10.4 Å². The molecule has 1 aromatic rings. The summed E-state index contributed by atoms with van der Waals surface area (Å²) >= 11 is 0. The van der Waals surface area contributed by atoms with E-state index in [1.807, 2.05) is 20.8 Å². The second-order valence-electron chi connectivity index (χ2n) is 6.09. The molecule has 0 saturated carbocycles. The normalized spacial score (nSPS) is 13.2. The molecule has 0 aromatic carbocycles. The van der Waals surface area contributed by atoms with Crippen molar-refractivity contribution in [3.05, 3.63) is 17.0 Å². The van der Waals surface area contributed by atoms with Crippen molar-refractivity contribution in [1.29, 1.82) is 0 Å². The van der Waals surface area contributed by atoms with Crippen molar-refractivity contribution in [3.63, 3.8) is 0 Å². The van der Waals surface area contributed by atoms with Gasteiger partial charge in [-0.15, -0.1) is 0 Å². The van der Waals surface area contributed by atoms with Crippen LogP contribution in [0.2, 0.25) is 0 Å². The van der Waals surface area contributed by atoms with Crippen molar-refractivity contribution in [1.82, 2.24) is 15.1 Å². The highest BCUT2D eigenvalue weighted by Gasteiger charge is 2.26. The monoisotopic (exact) mass is 281 g/mol. The molecule has 6 nitrogen and oxygen atoms in total. The maximum Gasteiger partial charge on any atom is 0.292 e. The third-order valence-electron chi connectivity index (χ3n) is 3.40. The number of rotatable bonds is 4. The van der Waals surface area contributed by atoms with E-state index >= 15 is 0 Å². The predicted octanol–water partition coefficient (Wildman–Crippen LogP) is 0.743. The van der Waals surface area contributed by atoms with Gasteiger partial charge >= 0.3 is 0 Å². The van der Waals surface area contributed by atoms with Crippen LogP contribution in [0.3, 0.4) is 0 Å². The van der Waals surface area contributed by atoms with E-state index in [9.17, 15) is 14.7 Å². The summed E-state index contributed by atoms with van der Waals surface area (Å²) in [5.41, 5.74) is 1.16. The Kier molecular flexibility index (Phi) is 4.70. The SMILES string of the molecule is Cc1nn(C)c(C)c1C(=O)C(=O)NCC(O)C(C)(C)C. The second kappa shape index (κ2) is 5.75. The number of Topliss-reactive ketones (excluding diaryl/α,β-unsaturated/α-hetero) is 1. The fraction of sp³-hybridized carbons (Fsp3) is 0.643. The zero-order chi connectivity index (χ0) is 15.7. The Balaban J connectivity index is 2.76. The minimum absolute atomic E-state index is 0.0480. The number of aliphatic hydroxyl groups excluding tert-OH is 1. The van der Waals surface area contributed by atoms with Crippen LogP contribution in [0.4, 0.5) is 0 Å². The Labute approximate surface area is 119 Å². The molecule has 0 aliphatic carbocycles. The lowest BCUT2D eigenvalue weighted by Crippen LogP contribution is -2.41. The maximum atomic E-state index is 12.1. The first kappa shape index (κ1) is 16.4. The van der Waals surface area contributed by atoms with E-state index in [0.29, 0.717) is 17.0 Å². The molecule has 1 aromatic heterocycles. The number of hydrogen-bond acceptors (Lipinski definition) is 4. The Morgan fingerprint density at radius 2 is 1.90 bits per heavy atom. The first-order valence-corrected chi connectivity index (χ1v) is 6.56. The molecule has 1 rings (SSSR count). The van der Waals surface area contributed by atoms with Crippen molar-refractivity contribution in [2.75, 3.05) is 6.54 Å². The molecule has 1 atom stereocenters. The fourth-order valence-corrected chi connectivity index (χ4v) is 1.79. The molecule has 6 heteroatoms. The van der Waals surface area contributed by atoms with E-state index in [0.717, 1.165) is 0 Å². The number of hydrogen-bond donors (Lipinski definition) is 2. The lowest BCUT2D eigenvalue weighted by Gasteiger charge is -2.25. The summed E-state index contributed by atoms with van der Waals surface area (Å²) in [7, 11) is 1.72. The molecule has 0 spiro atoms. The van der Waals surface area contributed by atoms with Crippen LogP contribution < -0.4 is 5.32 Å². The second-order valence-corrected chi connectivity index (χ2v) is 6.09. The van der Waals surface area contributed by atoms with Crippen molar-refractivity contribution < 1.29 is 14.7 Å². The molecule has 1 unspecified atom stereocenters. The number of nitrogens with one attached hydrogen (secondary N) is 1. The molecular formula is C14H23N3O3. The van der Waals surface area contributed by atoms with Crippen LogP contribution in [-0.2, 0) is 11.8 Å². The minimum atomic E-state index is -0.715. The van der Waals surface area contributed by atoms with Crippen molar-refractivity contribution >= 4 is 11.7 Å². The average Bonchev–Trinajstić information content (AvgIpc) is 2.57. The van der Waals surface area contributed by atoms with Crippen LogP contribution in [0.5, 0.6) is 0 Å². The lowest BCUT2D eigenvalue weighted by molar-refractivity contribution is -0.117. The Morgan fingerprint density at radius 3 is 2.30 bits per heavy atom. The molecule has 1 amide bonds. The summed E-state index contributed by atoms with van der Waals surface area (Å²) in [4.78, 5) is 24.0. The summed E-state index contributed by atoms with van der Waals surface area (Å²) in [5, 5.41) is 16.4. The molecule has 20 heavy (non-hydrogen) atoms. The van der Waals surface area contributed by atoms with Gasteiger partial charge in [0.1, 0.15) is 0 Å². The molecule has 112 valence electrons. The third-order valence-corrected chi connectivity index (χ3v) is 3.40. The number of aromatic nitrogens is 2. The predicted molar refractivity (Wildman–Crippen MR) is 75.5 cm³/mol.